The Balaban J connectivity index is 4.47. The number of unbranched alkanes of at least 4 members (excludes halogenated alkanes) is 11. The Kier molecular flexibility index (Phi) is 48.1. The lowest BCUT2D eigenvalue weighted by atomic mass is 10.1. The summed E-state index contributed by atoms with van der Waals surface area (Å²) in [6.45, 7) is 7.34. The molecule has 0 saturated heterocycles. The van der Waals surface area contributed by atoms with Crippen LogP contribution in [0.4, 0.5) is 0 Å². The predicted octanol–water partition coefficient (Wildman–Crippen LogP) is 16.8. The van der Waals surface area contributed by atoms with Crippen LogP contribution in [0.3, 0.4) is 0 Å². The van der Waals surface area contributed by atoms with Crippen molar-refractivity contribution in [2.24, 2.45) is 0 Å². The molecule has 0 aliphatic heterocycles. The number of ether oxygens (including phenoxy) is 3. The van der Waals surface area contributed by atoms with E-state index in [-0.39, 0.29) is 31.6 Å². The van der Waals surface area contributed by atoms with Crippen LogP contribution in [-0.4, -0.2) is 37.9 Å². The van der Waals surface area contributed by atoms with Crippen LogP contribution in [-0.2, 0) is 23.8 Å². The van der Waals surface area contributed by atoms with E-state index < -0.39 is 6.10 Å². The maximum absolute atomic E-state index is 12.8. The minimum Gasteiger partial charge on any atom is -0.461 e. The van der Waals surface area contributed by atoms with Gasteiger partial charge in [0.15, 0.2) is 6.10 Å². The first-order chi connectivity index (χ1) is 30.6. The number of hydrogen-bond donors (Lipinski definition) is 0. The van der Waals surface area contributed by atoms with Crippen LogP contribution < -0.4 is 0 Å². The minimum atomic E-state index is -0.602. The van der Waals surface area contributed by atoms with E-state index in [1.54, 1.807) is 0 Å². The molecule has 5 nitrogen and oxygen atoms in total. The van der Waals surface area contributed by atoms with E-state index in [1.807, 2.05) is 12.2 Å². The highest BCUT2D eigenvalue weighted by molar-refractivity contribution is 5.71. The van der Waals surface area contributed by atoms with Gasteiger partial charge in [0.1, 0.15) is 6.61 Å². The summed E-state index contributed by atoms with van der Waals surface area (Å²) in [4.78, 5) is 25.3. The Bertz CT molecular complexity index is 1330. The third-order valence-electron chi connectivity index (χ3n) is 9.67. The van der Waals surface area contributed by atoms with Crippen molar-refractivity contribution in [3.63, 3.8) is 0 Å². The monoisotopic (exact) mass is 855 g/mol. The van der Waals surface area contributed by atoms with Crippen molar-refractivity contribution in [3.05, 3.63) is 134 Å². The molecule has 0 heterocycles. The van der Waals surface area contributed by atoms with Gasteiger partial charge in [0.2, 0.25) is 0 Å². The van der Waals surface area contributed by atoms with Crippen molar-refractivity contribution < 1.29 is 23.8 Å². The number of rotatable bonds is 43. The fourth-order valence-corrected chi connectivity index (χ4v) is 6.08. The van der Waals surface area contributed by atoms with Crippen LogP contribution in [0, 0.1) is 0 Å². The van der Waals surface area contributed by atoms with Crippen molar-refractivity contribution >= 4 is 11.9 Å². The maximum atomic E-state index is 12.8. The molecule has 62 heavy (non-hydrogen) atoms. The van der Waals surface area contributed by atoms with Crippen molar-refractivity contribution in [1.29, 1.82) is 0 Å². The maximum Gasteiger partial charge on any atom is 0.309 e. The third-order valence-corrected chi connectivity index (χ3v) is 9.67. The quantitative estimate of drug-likeness (QED) is 0.0347. The molecule has 5 heteroatoms. The summed E-state index contributed by atoms with van der Waals surface area (Å²) < 4.78 is 17.2. The average Bonchev–Trinajstić information content (AvgIpc) is 3.27. The van der Waals surface area contributed by atoms with E-state index in [0.717, 1.165) is 116 Å². The van der Waals surface area contributed by atoms with Gasteiger partial charge in [0.05, 0.1) is 13.0 Å². The third kappa shape index (κ3) is 48.7. The first kappa shape index (κ1) is 58.0. The van der Waals surface area contributed by atoms with E-state index >= 15 is 0 Å². The first-order valence-corrected chi connectivity index (χ1v) is 24.7. The summed E-state index contributed by atoms with van der Waals surface area (Å²) in [6, 6.07) is 0. The molecule has 0 aliphatic carbocycles. The second kappa shape index (κ2) is 51.4. The van der Waals surface area contributed by atoms with E-state index in [9.17, 15) is 9.59 Å². The number of carbonyl (C=O) groups excluding carboxylic acids is 2. The number of carbonyl (C=O) groups is 2. The Morgan fingerprint density at radius 3 is 1.24 bits per heavy atom. The van der Waals surface area contributed by atoms with Gasteiger partial charge < -0.3 is 14.2 Å². The van der Waals surface area contributed by atoms with Gasteiger partial charge in [0.25, 0.3) is 0 Å². The van der Waals surface area contributed by atoms with Crippen LogP contribution in [0.5, 0.6) is 0 Å². The first-order valence-electron chi connectivity index (χ1n) is 24.7. The van der Waals surface area contributed by atoms with Crippen LogP contribution in [0.25, 0.3) is 0 Å². The zero-order chi connectivity index (χ0) is 44.9. The molecule has 0 N–H and O–H groups in total. The minimum absolute atomic E-state index is 0.00842. The second-order valence-corrected chi connectivity index (χ2v) is 15.6. The summed E-state index contributed by atoms with van der Waals surface area (Å²) in [5, 5.41) is 0. The largest absolute Gasteiger partial charge is 0.461 e. The molecule has 0 rings (SSSR count). The Labute approximate surface area is 381 Å². The van der Waals surface area contributed by atoms with Gasteiger partial charge in [-0.3, -0.25) is 9.59 Å². The normalized spacial score (nSPS) is 13.4. The lowest BCUT2D eigenvalue weighted by Crippen LogP contribution is -2.30. The highest BCUT2D eigenvalue weighted by Gasteiger charge is 2.17. The van der Waals surface area contributed by atoms with Crippen LogP contribution in [0.15, 0.2) is 134 Å². The molecular formula is C57H90O5. The molecule has 0 aromatic rings. The zero-order valence-corrected chi connectivity index (χ0v) is 39.8. The molecule has 0 aliphatic rings. The van der Waals surface area contributed by atoms with Gasteiger partial charge >= 0.3 is 11.9 Å². The molecule has 0 amide bonds. The summed E-state index contributed by atoms with van der Waals surface area (Å²) in [5.41, 5.74) is 0. The average molecular weight is 855 g/mol. The Morgan fingerprint density at radius 2 is 0.774 bits per heavy atom. The number of hydrogen-bond acceptors (Lipinski definition) is 5. The summed E-state index contributed by atoms with van der Waals surface area (Å²) >= 11 is 0. The van der Waals surface area contributed by atoms with E-state index in [0.29, 0.717) is 13.0 Å². The smallest absolute Gasteiger partial charge is 0.309 e. The fourth-order valence-electron chi connectivity index (χ4n) is 6.08. The Morgan fingerprint density at radius 1 is 0.387 bits per heavy atom. The molecule has 1 unspecified atom stereocenters. The van der Waals surface area contributed by atoms with E-state index in [2.05, 4.69) is 142 Å². The van der Waals surface area contributed by atoms with Crippen LogP contribution in [0.1, 0.15) is 188 Å². The van der Waals surface area contributed by atoms with E-state index in [4.69, 9.17) is 14.2 Å². The molecule has 348 valence electrons. The lowest BCUT2D eigenvalue weighted by molar-refractivity contribution is -0.162. The summed E-state index contributed by atoms with van der Waals surface area (Å²) in [6.07, 6.45) is 73.4. The van der Waals surface area contributed by atoms with Gasteiger partial charge in [-0.2, -0.15) is 0 Å². The fraction of sp³-hybridized carbons (Fsp3) is 0.579. The summed E-state index contributed by atoms with van der Waals surface area (Å²) in [7, 11) is 0. The van der Waals surface area contributed by atoms with Crippen molar-refractivity contribution in [3.8, 4) is 0 Å². The number of allylic oxidation sites excluding steroid dienone is 21. The van der Waals surface area contributed by atoms with Gasteiger partial charge in [-0.05, 0) is 109 Å². The molecule has 0 aromatic carbocycles. The number of esters is 2. The topological polar surface area (TPSA) is 61.8 Å². The van der Waals surface area contributed by atoms with Gasteiger partial charge in [-0.25, -0.2) is 0 Å². The van der Waals surface area contributed by atoms with Crippen molar-refractivity contribution in [2.75, 3.05) is 19.8 Å². The lowest BCUT2D eigenvalue weighted by Gasteiger charge is -2.18. The zero-order valence-electron chi connectivity index (χ0n) is 39.8. The molecular weight excluding hydrogens is 765 g/mol. The molecule has 1 atom stereocenters. The van der Waals surface area contributed by atoms with Crippen LogP contribution in [0.2, 0.25) is 0 Å². The van der Waals surface area contributed by atoms with Crippen molar-refractivity contribution in [2.45, 2.75) is 194 Å². The molecule has 0 bridgehead atoms. The molecule has 0 saturated carbocycles. The predicted molar refractivity (Wildman–Crippen MR) is 269 cm³/mol. The SMILES string of the molecule is CC/C=C\C/C=C\C/C=C\C/C=C\C/C=C\CC(=O)OCC(COCCCCCCC/C=C\C/C=C\C/C=C\C/C=C\CC)OC(=O)CCCCCCC/C=C\C/C=C\CCC. The van der Waals surface area contributed by atoms with Gasteiger partial charge in [-0.15, -0.1) is 0 Å². The highest BCUT2D eigenvalue weighted by Crippen LogP contribution is 2.11. The molecule has 0 radical (unpaired) electrons. The Hall–Kier alpha value is -3.96. The summed E-state index contributed by atoms with van der Waals surface area (Å²) in [5.74, 6) is -0.583. The van der Waals surface area contributed by atoms with Crippen molar-refractivity contribution in [1.82, 2.24) is 0 Å². The van der Waals surface area contributed by atoms with Gasteiger partial charge in [0, 0.05) is 13.0 Å². The molecule has 0 aromatic heterocycles. The molecule has 0 spiro atoms. The highest BCUT2D eigenvalue weighted by atomic mass is 16.6. The molecule has 0 fully saturated rings. The van der Waals surface area contributed by atoms with Crippen LogP contribution >= 0.6 is 0 Å². The van der Waals surface area contributed by atoms with Gasteiger partial charge in [-0.1, -0.05) is 199 Å². The second-order valence-electron chi connectivity index (χ2n) is 15.6. The standard InChI is InChI=1S/C57H90O5/c1-4-7-10-13-16-19-22-25-27-28-29-31-34-37-40-43-46-49-52-60-53-55(62-57(59)51-48-45-42-39-36-32-24-21-18-15-12-9-6-3)54-61-56(58)50-47-44-41-38-35-33-30-26-23-20-17-14-11-8-5-2/h7-8,10-12,15-17,19-21,24-27,29-31,35,38,44,47,55H,4-6,9,13-14,18,22-23,28,32-34,36-37,39-43,45-46,48-54H2,1-3H3/b10-7-,11-8-,15-12-,19-16-,20-17-,24-21-,27-25-,30-26-,31-29-,38-35-,47-44-. The van der Waals surface area contributed by atoms with E-state index in [1.165, 1.54) is 38.5 Å².